The van der Waals surface area contributed by atoms with Crippen molar-refractivity contribution in [1.29, 1.82) is 0 Å². The molecule has 114 valence electrons. The average molecular weight is 316 g/mol. The number of carbonyl (C=O) groups excluding carboxylic acids is 1. The molecule has 2 heterocycles. The van der Waals surface area contributed by atoms with Crippen LogP contribution in [0.3, 0.4) is 0 Å². The Morgan fingerprint density at radius 3 is 2.86 bits per heavy atom. The summed E-state index contributed by atoms with van der Waals surface area (Å²) in [4.78, 5) is 12.2. The Morgan fingerprint density at radius 2 is 2.09 bits per heavy atom. The van der Waals surface area contributed by atoms with Crippen LogP contribution in [0.25, 0.3) is 0 Å². The Hall–Kier alpha value is -1.81. The molecule has 5 heteroatoms. The zero-order valence-electron chi connectivity index (χ0n) is 12.3. The zero-order valence-corrected chi connectivity index (χ0v) is 13.0. The Labute approximate surface area is 134 Å². The van der Waals surface area contributed by atoms with Crippen molar-refractivity contribution in [2.75, 3.05) is 5.32 Å². The molecular formula is C17H18ClN3O. The average Bonchev–Trinajstić information content (AvgIpc) is 3.14. The van der Waals surface area contributed by atoms with Crippen LogP contribution >= 0.6 is 11.6 Å². The van der Waals surface area contributed by atoms with E-state index in [2.05, 4.69) is 10.4 Å². The molecule has 4 nitrogen and oxygen atoms in total. The highest BCUT2D eigenvalue weighted by atomic mass is 35.5. The minimum Gasteiger partial charge on any atom is -0.311 e. The Morgan fingerprint density at radius 1 is 1.27 bits per heavy atom. The number of hydrogen-bond donors (Lipinski definition) is 1. The summed E-state index contributed by atoms with van der Waals surface area (Å²) in [6.45, 7) is 0. The van der Waals surface area contributed by atoms with Crippen LogP contribution in [-0.2, 0) is 4.79 Å². The number of nitrogens with zero attached hydrogens (tertiary/aromatic N) is 2. The van der Waals surface area contributed by atoms with E-state index in [9.17, 15) is 4.79 Å². The molecule has 1 saturated carbocycles. The molecule has 0 saturated heterocycles. The molecule has 1 amide bonds. The molecule has 1 aromatic heterocycles. The van der Waals surface area contributed by atoms with E-state index in [4.69, 9.17) is 11.6 Å². The standard InChI is InChI=1S/C17H18ClN3O/c18-12-5-3-4-11(8-12)14-9-16(22)20-17-15(14)10-19-21(17)13-6-1-2-7-13/h3-5,8,10,13-14H,1-2,6-7,9H2,(H,20,22)/t14-/m1/s1. The first-order valence-electron chi connectivity index (χ1n) is 7.85. The molecule has 1 aliphatic carbocycles. The smallest absolute Gasteiger partial charge is 0.226 e. The third-order valence-corrected chi connectivity index (χ3v) is 5.00. The van der Waals surface area contributed by atoms with Crippen molar-refractivity contribution in [1.82, 2.24) is 9.78 Å². The highest BCUT2D eigenvalue weighted by Gasteiger charge is 2.32. The van der Waals surface area contributed by atoms with Crippen molar-refractivity contribution in [2.24, 2.45) is 0 Å². The molecule has 1 N–H and O–H groups in total. The minimum absolute atomic E-state index is 0.0394. The molecule has 4 rings (SSSR count). The first-order valence-corrected chi connectivity index (χ1v) is 8.23. The normalized spacial score (nSPS) is 21.7. The van der Waals surface area contributed by atoms with Crippen molar-refractivity contribution >= 4 is 23.3 Å². The van der Waals surface area contributed by atoms with Gasteiger partial charge in [0.05, 0.1) is 12.2 Å². The van der Waals surface area contributed by atoms with Gasteiger partial charge in [0.25, 0.3) is 0 Å². The van der Waals surface area contributed by atoms with Crippen LogP contribution in [0.5, 0.6) is 0 Å². The molecule has 2 aromatic rings. The topological polar surface area (TPSA) is 46.9 Å². The molecule has 1 fully saturated rings. The number of fused-ring (bicyclic) bond motifs is 1. The van der Waals surface area contributed by atoms with Gasteiger partial charge in [-0.2, -0.15) is 5.10 Å². The maximum absolute atomic E-state index is 12.2. The summed E-state index contributed by atoms with van der Waals surface area (Å²) in [6, 6.07) is 8.19. The molecular weight excluding hydrogens is 298 g/mol. The number of nitrogens with one attached hydrogen (secondary N) is 1. The van der Waals surface area contributed by atoms with E-state index in [1.807, 2.05) is 35.1 Å². The van der Waals surface area contributed by atoms with E-state index in [1.165, 1.54) is 12.8 Å². The van der Waals surface area contributed by atoms with Crippen LogP contribution in [0.2, 0.25) is 5.02 Å². The number of halogens is 1. The largest absolute Gasteiger partial charge is 0.311 e. The quantitative estimate of drug-likeness (QED) is 0.906. The van der Waals surface area contributed by atoms with Gasteiger partial charge in [-0.15, -0.1) is 0 Å². The van der Waals surface area contributed by atoms with E-state index in [-0.39, 0.29) is 11.8 Å². The lowest BCUT2D eigenvalue weighted by molar-refractivity contribution is -0.116. The molecule has 0 radical (unpaired) electrons. The monoisotopic (exact) mass is 315 g/mol. The summed E-state index contributed by atoms with van der Waals surface area (Å²) in [5, 5.41) is 8.31. The third kappa shape index (κ3) is 2.31. The predicted molar refractivity (Wildman–Crippen MR) is 86.3 cm³/mol. The Balaban J connectivity index is 1.76. The van der Waals surface area contributed by atoms with Gasteiger partial charge in [-0.3, -0.25) is 4.79 Å². The first-order chi connectivity index (χ1) is 10.7. The highest BCUT2D eigenvalue weighted by molar-refractivity contribution is 6.30. The summed E-state index contributed by atoms with van der Waals surface area (Å²) in [7, 11) is 0. The number of amides is 1. The van der Waals surface area contributed by atoms with E-state index < -0.39 is 0 Å². The van der Waals surface area contributed by atoms with E-state index in [0.717, 1.165) is 29.8 Å². The molecule has 1 aromatic carbocycles. The van der Waals surface area contributed by atoms with Crippen LogP contribution in [0, 0.1) is 0 Å². The zero-order chi connectivity index (χ0) is 15.1. The number of carbonyl (C=O) groups is 1. The number of anilines is 1. The minimum atomic E-state index is 0.0394. The Kier molecular flexibility index (Phi) is 3.41. The van der Waals surface area contributed by atoms with Gasteiger partial charge in [0.1, 0.15) is 5.82 Å². The van der Waals surface area contributed by atoms with Gasteiger partial charge in [0, 0.05) is 22.9 Å². The number of benzene rings is 1. The molecule has 2 aliphatic rings. The first kappa shape index (κ1) is 13.8. The van der Waals surface area contributed by atoms with Gasteiger partial charge in [0.15, 0.2) is 0 Å². The van der Waals surface area contributed by atoms with Crippen LogP contribution in [0.4, 0.5) is 5.82 Å². The molecule has 0 bridgehead atoms. The second-order valence-corrected chi connectivity index (χ2v) is 6.63. The van der Waals surface area contributed by atoms with Crippen LogP contribution in [-0.4, -0.2) is 15.7 Å². The van der Waals surface area contributed by atoms with E-state index in [0.29, 0.717) is 17.5 Å². The summed E-state index contributed by atoms with van der Waals surface area (Å²) in [5.74, 6) is 0.975. The van der Waals surface area contributed by atoms with Crippen molar-refractivity contribution in [3.8, 4) is 0 Å². The second kappa shape index (κ2) is 5.43. The molecule has 0 unspecified atom stereocenters. The van der Waals surface area contributed by atoms with E-state index >= 15 is 0 Å². The van der Waals surface area contributed by atoms with Crippen LogP contribution in [0.1, 0.15) is 55.2 Å². The van der Waals surface area contributed by atoms with Gasteiger partial charge < -0.3 is 5.32 Å². The van der Waals surface area contributed by atoms with Crippen molar-refractivity contribution in [3.05, 3.63) is 46.6 Å². The number of aromatic nitrogens is 2. The van der Waals surface area contributed by atoms with E-state index in [1.54, 1.807) is 0 Å². The fourth-order valence-corrected chi connectivity index (χ4v) is 3.88. The maximum Gasteiger partial charge on any atom is 0.226 e. The van der Waals surface area contributed by atoms with Gasteiger partial charge in [-0.1, -0.05) is 36.6 Å². The maximum atomic E-state index is 12.2. The third-order valence-electron chi connectivity index (χ3n) is 4.77. The SMILES string of the molecule is O=C1C[C@H](c2cccc(Cl)c2)c2cnn(C3CCCC3)c2N1. The van der Waals surface area contributed by atoms with Gasteiger partial charge in [0.2, 0.25) is 5.91 Å². The summed E-state index contributed by atoms with van der Waals surface area (Å²) in [5.41, 5.74) is 2.18. The molecule has 1 atom stereocenters. The fourth-order valence-electron chi connectivity index (χ4n) is 3.68. The van der Waals surface area contributed by atoms with Crippen LogP contribution in [0.15, 0.2) is 30.5 Å². The van der Waals surface area contributed by atoms with Crippen molar-refractivity contribution in [3.63, 3.8) is 0 Å². The summed E-state index contributed by atoms with van der Waals surface area (Å²) >= 11 is 6.11. The number of rotatable bonds is 2. The van der Waals surface area contributed by atoms with Crippen molar-refractivity contribution in [2.45, 2.75) is 44.1 Å². The van der Waals surface area contributed by atoms with Gasteiger partial charge >= 0.3 is 0 Å². The summed E-state index contributed by atoms with van der Waals surface area (Å²) < 4.78 is 2.02. The lowest BCUT2D eigenvalue weighted by Crippen LogP contribution is -2.25. The predicted octanol–water partition coefficient (Wildman–Crippen LogP) is 4.13. The highest BCUT2D eigenvalue weighted by Crippen LogP contribution is 2.40. The van der Waals surface area contributed by atoms with Crippen molar-refractivity contribution < 1.29 is 4.79 Å². The second-order valence-electron chi connectivity index (χ2n) is 6.19. The molecule has 0 spiro atoms. The van der Waals surface area contributed by atoms with Gasteiger partial charge in [-0.05, 0) is 30.5 Å². The lowest BCUT2D eigenvalue weighted by atomic mass is 9.87. The summed E-state index contributed by atoms with van der Waals surface area (Å²) in [6.07, 6.45) is 7.13. The lowest BCUT2D eigenvalue weighted by Gasteiger charge is -2.25. The molecule has 1 aliphatic heterocycles. The van der Waals surface area contributed by atoms with Crippen LogP contribution < -0.4 is 5.32 Å². The Bertz CT molecular complexity index is 718. The molecule has 22 heavy (non-hydrogen) atoms. The number of hydrogen-bond acceptors (Lipinski definition) is 2. The fraction of sp³-hybridized carbons (Fsp3) is 0.412. The van der Waals surface area contributed by atoms with Gasteiger partial charge in [-0.25, -0.2) is 4.68 Å².